The largest absolute Gasteiger partial charge is 0.370 e. The van der Waals surface area contributed by atoms with Crippen molar-refractivity contribution in [1.29, 1.82) is 0 Å². The van der Waals surface area contributed by atoms with E-state index in [2.05, 4.69) is 22.8 Å². The Hall–Kier alpha value is -0.420. The van der Waals surface area contributed by atoms with Crippen LogP contribution in [-0.4, -0.2) is 39.4 Å². The topological polar surface area (TPSA) is 30.3 Å². The molecule has 2 heterocycles. The third-order valence-corrected chi connectivity index (χ3v) is 3.96. The van der Waals surface area contributed by atoms with Gasteiger partial charge in [0.1, 0.15) is 19.6 Å². The second-order valence-electron chi connectivity index (χ2n) is 4.33. The maximum Gasteiger partial charge on any atom is 0.111 e. The number of hydrogen-bond donors (Lipinski definition) is 2. The quantitative estimate of drug-likeness (QED) is 0.623. The van der Waals surface area contributed by atoms with Crippen LogP contribution >= 0.6 is 11.3 Å². The van der Waals surface area contributed by atoms with Gasteiger partial charge in [-0.2, -0.15) is 0 Å². The average molecular weight is 242 g/mol. The highest BCUT2D eigenvalue weighted by molar-refractivity contribution is 7.09. The Kier molecular flexibility index (Phi) is 5.28. The molecule has 90 valence electrons. The number of morpholine rings is 1. The van der Waals surface area contributed by atoms with Crippen LogP contribution in [0.25, 0.3) is 0 Å². The van der Waals surface area contributed by atoms with E-state index in [1.165, 1.54) is 37.5 Å². The lowest BCUT2D eigenvalue weighted by molar-refractivity contribution is -0.909. The molecular formula is C12H22N2OS+2. The lowest BCUT2D eigenvalue weighted by Crippen LogP contribution is -3.14. The number of ether oxygens (including phenoxy) is 1. The highest BCUT2D eigenvalue weighted by Gasteiger charge is 2.12. The predicted octanol–water partition coefficient (Wildman–Crippen LogP) is -0.883. The summed E-state index contributed by atoms with van der Waals surface area (Å²) in [6.07, 6.45) is 1.32. The Morgan fingerprint density at radius 3 is 3.00 bits per heavy atom. The first-order valence-electron chi connectivity index (χ1n) is 6.20. The molecule has 0 bridgehead atoms. The van der Waals surface area contributed by atoms with Gasteiger partial charge in [-0.15, -0.1) is 11.3 Å². The van der Waals surface area contributed by atoms with Crippen molar-refractivity contribution in [2.45, 2.75) is 13.0 Å². The SMILES string of the molecule is c1csc(C[NH2+]CCC[NH+]2CCOCC2)c1. The molecule has 1 aliphatic heterocycles. The van der Waals surface area contributed by atoms with Gasteiger partial charge in [0.15, 0.2) is 0 Å². The molecule has 0 unspecified atom stereocenters. The minimum atomic E-state index is 0.953. The van der Waals surface area contributed by atoms with Crippen molar-refractivity contribution in [2.75, 3.05) is 39.4 Å². The molecule has 1 saturated heterocycles. The van der Waals surface area contributed by atoms with Gasteiger partial charge in [0, 0.05) is 6.42 Å². The summed E-state index contributed by atoms with van der Waals surface area (Å²) in [6.45, 7) is 8.01. The van der Waals surface area contributed by atoms with Gasteiger partial charge in [0.2, 0.25) is 0 Å². The molecule has 1 aliphatic rings. The Morgan fingerprint density at radius 2 is 2.25 bits per heavy atom. The lowest BCUT2D eigenvalue weighted by Gasteiger charge is -2.23. The van der Waals surface area contributed by atoms with Crippen molar-refractivity contribution in [1.82, 2.24) is 0 Å². The van der Waals surface area contributed by atoms with Crippen LogP contribution in [0.4, 0.5) is 0 Å². The zero-order chi connectivity index (χ0) is 11.1. The number of rotatable bonds is 6. The Morgan fingerprint density at radius 1 is 1.38 bits per heavy atom. The Labute approximate surface area is 101 Å². The maximum atomic E-state index is 5.35. The summed E-state index contributed by atoms with van der Waals surface area (Å²) in [4.78, 5) is 3.20. The molecule has 0 radical (unpaired) electrons. The molecule has 1 aromatic heterocycles. The fraction of sp³-hybridized carbons (Fsp3) is 0.667. The second-order valence-corrected chi connectivity index (χ2v) is 5.36. The number of nitrogens with one attached hydrogen (secondary N) is 1. The van der Waals surface area contributed by atoms with Crippen molar-refractivity contribution in [3.63, 3.8) is 0 Å². The molecule has 3 nitrogen and oxygen atoms in total. The summed E-state index contributed by atoms with van der Waals surface area (Å²) in [5, 5.41) is 4.58. The number of quaternary nitrogens is 2. The van der Waals surface area contributed by atoms with Gasteiger partial charge in [-0.25, -0.2) is 0 Å². The van der Waals surface area contributed by atoms with Crippen molar-refractivity contribution in [2.24, 2.45) is 0 Å². The summed E-state index contributed by atoms with van der Waals surface area (Å²) in [5.41, 5.74) is 0. The van der Waals surface area contributed by atoms with Crippen LogP contribution in [0.5, 0.6) is 0 Å². The molecule has 0 spiro atoms. The summed E-state index contributed by atoms with van der Waals surface area (Å²) < 4.78 is 5.35. The second kappa shape index (κ2) is 7.01. The minimum Gasteiger partial charge on any atom is -0.370 e. The van der Waals surface area contributed by atoms with Crippen molar-refractivity contribution < 1.29 is 15.0 Å². The average Bonchev–Trinajstić information content (AvgIpc) is 2.83. The van der Waals surface area contributed by atoms with Gasteiger partial charge in [-0.05, 0) is 11.4 Å². The van der Waals surface area contributed by atoms with E-state index in [0.29, 0.717) is 0 Å². The van der Waals surface area contributed by atoms with Gasteiger partial charge in [0.05, 0.1) is 31.2 Å². The Bertz CT molecular complexity index is 271. The molecule has 0 aromatic carbocycles. The molecule has 0 atom stereocenters. The van der Waals surface area contributed by atoms with E-state index in [4.69, 9.17) is 4.74 Å². The van der Waals surface area contributed by atoms with E-state index in [1.807, 2.05) is 11.3 Å². The highest BCUT2D eigenvalue weighted by Crippen LogP contribution is 2.05. The molecule has 0 amide bonds. The monoisotopic (exact) mass is 242 g/mol. The van der Waals surface area contributed by atoms with Gasteiger partial charge < -0.3 is 15.0 Å². The fourth-order valence-corrected chi connectivity index (χ4v) is 2.78. The minimum absolute atomic E-state index is 0.953. The molecular weight excluding hydrogens is 220 g/mol. The Balaban J connectivity index is 1.48. The first kappa shape index (κ1) is 12.0. The van der Waals surface area contributed by atoms with Crippen LogP contribution in [-0.2, 0) is 11.3 Å². The molecule has 1 fully saturated rings. The van der Waals surface area contributed by atoms with Crippen LogP contribution in [0.2, 0.25) is 0 Å². The first-order valence-corrected chi connectivity index (χ1v) is 7.08. The van der Waals surface area contributed by atoms with E-state index >= 15 is 0 Å². The summed E-state index contributed by atoms with van der Waals surface area (Å²) in [6, 6.07) is 4.35. The predicted molar refractivity (Wildman–Crippen MR) is 65.8 cm³/mol. The number of hydrogen-bond acceptors (Lipinski definition) is 2. The van der Waals surface area contributed by atoms with Crippen LogP contribution in [0.15, 0.2) is 17.5 Å². The molecule has 0 saturated carbocycles. The van der Waals surface area contributed by atoms with Crippen molar-refractivity contribution in [3.05, 3.63) is 22.4 Å². The van der Waals surface area contributed by atoms with Crippen molar-refractivity contribution in [3.8, 4) is 0 Å². The normalized spacial score (nSPS) is 17.8. The van der Waals surface area contributed by atoms with Crippen LogP contribution in [0, 0.1) is 0 Å². The van der Waals surface area contributed by atoms with Crippen LogP contribution in [0.3, 0.4) is 0 Å². The number of nitrogens with two attached hydrogens (primary N) is 1. The smallest absolute Gasteiger partial charge is 0.111 e. The molecule has 1 aromatic rings. The molecule has 2 rings (SSSR count). The summed E-state index contributed by atoms with van der Waals surface area (Å²) in [7, 11) is 0. The van der Waals surface area contributed by atoms with Gasteiger partial charge in [0.25, 0.3) is 0 Å². The zero-order valence-corrected chi connectivity index (χ0v) is 10.6. The summed E-state index contributed by atoms with van der Waals surface area (Å²) >= 11 is 1.86. The highest BCUT2D eigenvalue weighted by atomic mass is 32.1. The first-order chi connectivity index (χ1) is 7.95. The third-order valence-electron chi connectivity index (χ3n) is 3.06. The van der Waals surface area contributed by atoms with E-state index in [9.17, 15) is 0 Å². The van der Waals surface area contributed by atoms with Crippen molar-refractivity contribution >= 4 is 11.3 Å². The van der Waals surface area contributed by atoms with E-state index in [0.717, 1.165) is 19.8 Å². The van der Waals surface area contributed by atoms with Gasteiger partial charge >= 0.3 is 0 Å². The van der Waals surface area contributed by atoms with E-state index < -0.39 is 0 Å². The molecule has 3 N–H and O–H groups in total. The zero-order valence-electron chi connectivity index (χ0n) is 9.78. The van der Waals surface area contributed by atoms with E-state index in [1.54, 1.807) is 4.90 Å². The lowest BCUT2D eigenvalue weighted by atomic mass is 10.3. The third kappa shape index (κ3) is 4.22. The van der Waals surface area contributed by atoms with E-state index in [-0.39, 0.29) is 0 Å². The molecule has 0 aliphatic carbocycles. The summed E-state index contributed by atoms with van der Waals surface area (Å²) in [5.74, 6) is 0. The standard InChI is InChI=1S/C12H20N2OS/c1-3-12(16-10-1)11-13-4-2-5-14-6-8-15-9-7-14/h1,3,10,13H,2,4-9,11H2/p+2. The molecule has 16 heavy (non-hydrogen) atoms. The van der Waals surface area contributed by atoms with Gasteiger partial charge in [-0.1, -0.05) is 6.07 Å². The fourth-order valence-electron chi connectivity index (χ4n) is 2.08. The van der Waals surface area contributed by atoms with Gasteiger partial charge in [-0.3, -0.25) is 0 Å². The van der Waals surface area contributed by atoms with Crippen LogP contribution in [0.1, 0.15) is 11.3 Å². The number of thiophene rings is 1. The maximum absolute atomic E-state index is 5.35. The van der Waals surface area contributed by atoms with Crippen LogP contribution < -0.4 is 10.2 Å². The molecule has 4 heteroatoms.